The molecule has 5 heteroatoms. The summed E-state index contributed by atoms with van der Waals surface area (Å²) in [5.41, 5.74) is 1.46. The Morgan fingerprint density at radius 2 is 2.00 bits per heavy atom. The van der Waals surface area contributed by atoms with Crippen LogP contribution in [0.25, 0.3) is 6.08 Å². The second-order valence-corrected chi connectivity index (χ2v) is 4.14. The first-order chi connectivity index (χ1) is 9.61. The highest BCUT2D eigenvalue weighted by Gasteiger charge is 2.02. The number of hydrogen-bond acceptors (Lipinski definition) is 3. The van der Waals surface area contributed by atoms with Crippen LogP contribution in [0.2, 0.25) is 0 Å². The molecule has 20 heavy (non-hydrogen) atoms. The molecule has 0 aliphatic carbocycles. The van der Waals surface area contributed by atoms with Gasteiger partial charge in [-0.15, -0.1) is 0 Å². The molecule has 1 amide bonds. The van der Waals surface area contributed by atoms with Gasteiger partial charge in [-0.05, 0) is 37.1 Å². The van der Waals surface area contributed by atoms with E-state index >= 15 is 0 Å². The van der Waals surface area contributed by atoms with Crippen LogP contribution in [0.5, 0.6) is 0 Å². The Bertz CT molecular complexity index is 465. The second kappa shape index (κ2) is 8.87. The minimum Gasteiger partial charge on any atom is -0.478 e. The molecule has 1 rings (SSSR count). The number of aliphatic carboxylic acids is 1. The molecule has 0 aromatic heterocycles. The van der Waals surface area contributed by atoms with E-state index in [1.54, 1.807) is 24.3 Å². The zero-order valence-corrected chi connectivity index (χ0v) is 11.5. The Kier molecular flexibility index (Phi) is 7.06. The van der Waals surface area contributed by atoms with Gasteiger partial charge in [-0.3, -0.25) is 4.79 Å². The lowest BCUT2D eigenvalue weighted by atomic mass is 10.2. The predicted octanol–water partition coefficient (Wildman–Crippen LogP) is 2.54. The van der Waals surface area contributed by atoms with Crippen molar-refractivity contribution in [2.24, 2.45) is 0 Å². The van der Waals surface area contributed by atoms with Crippen LogP contribution in [0.15, 0.2) is 30.3 Å². The van der Waals surface area contributed by atoms with E-state index in [-0.39, 0.29) is 5.91 Å². The van der Waals surface area contributed by atoms with E-state index in [0.717, 1.165) is 11.6 Å². The lowest BCUT2D eigenvalue weighted by molar-refractivity contribution is -0.131. The molecule has 0 saturated carbocycles. The van der Waals surface area contributed by atoms with Crippen LogP contribution < -0.4 is 5.32 Å². The topological polar surface area (TPSA) is 75.6 Å². The van der Waals surface area contributed by atoms with E-state index in [9.17, 15) is 9.59 Å². The molecule has 1 aromatic rings. The molecule has 0 spiro atoms. The summed E-state index contributed by atoms with van der Waals surface area (Å²) in [4.78, 5) is 22.0. The van der Waals surface area contributed by atoms with Crippen LogP contribution in [-0.2, 0) is 14.3 Å². The van der Waals surface area contributed by atoms with Crippen LogP contribution in [0.4, 0.5) is 5.69 Å². The molecule has 0 unspecified atom stereocenters. The smallest absolute Gasteiger partial charge is 0.328 e. The van der Waals surface area contributed by atoms with Gasteiger partial charge in [-0.1, -0.05) is 12.1 Å². The van der Waals surface area contributed by atoms with Gasteiger partial charge < -0.3 is 15.2 Å². The van der Waals surface area contributed by atoms with Gasteiger partial charge in [0, 0.05) is 31.4 Å². The first kappa shape index (κ1) is 15.9. The summed E-state index contributed by atoms with van der Waals surface area (Å²) >= 11 is 0. The largest absolute Gasteiger partial charge is 0.478 e. The van der Waals surface area contributed by atoms with Gasteiger partial charge in [-0.2, -0.15) is 0 Å². The van der Waals surface area contributed by atoms with Crippen molar-refractivity contribution in [1.29, 1.82) is 0 Å². The van der Waals surface area contributed by atoms with Crippen molar-refractivity contribution in [1.82, 2.24) is 0 Å². The van der Waals surface area contributed by atoms with Crippen molar-refractivity contribution in [3.8, 4) is 0 Å². The summed E-state index contributed by atoms with van der Waals surface area (Å²) in [6.45, 7) is 3.16. The maximum atomic E-state index is 11.6. The van der Waals surface area contributed by atoms with Gasteiger partial charge in [0.15, 0.2) is 0 Å². The number of nitrogens with one attached hydrogen (secondary N) is 1. The maximum Gasteiger partial charge on any atom is 0.328 e. The molecule has 1 aromatic carbocycles. The molecule has 0 fully saturated rings. The molecule has 0 saturated heterocycles. The number of ether oxygens (including phenoxy) is 1. The zero-order valence-electron chi connectivity index (χ0n) is 11.5. The van der Waals surface area contributed by atoms with E-state index in [1.807, 2.05) is 6.92 Å². The average Bonchev–Trinajstić information content (AvgIpc) is 2.43. The van der Waals surface area contributed by atoms with Crippen LogP contribution >= 0.6 is 0 Å². The molecule has 5 nitrogen and oxygen atoms in total. The Labute approximate surface area is 118 Å². The monoisotopic (exact) mass is 277 g/mol. The Morgan fingerprint density at radius 3 is 2.60 bits per heavy atom. The third kappa shape index (κ3) is 6.70. The van der Waals surface area contributed by atoms with E-state index in [2.05, 4.69) is 5.32 Å². The Balaban J connectivity index is 2.41. The summed E-state index contributed by atoms with van der Waals surface area (Å²) in [5.74, 6) is -1.05. The van der Waals surface area contributed by atoms with Crippen LogP contribution in [0, 0.1) is 0 Å². The molecule has 0 atom stereocenters. The summed E-state index contributed by atoms with van der Waals surface area (Å²) < 4.78 is 5.16. The molecule has 0 radical (unpaired) electrons. The SMILES string of the molecule is CCOCCCC(=O)Nc1ccc(/C=C/C(=O)O)cc1. The van der Waals surface area contributed by atoms with Gasteiger partial charge in [0.2, 0.25) is 5.91 Å². The van der Waals surface area contributed by atoms with Crippen molar-refractivity contribution in [2.75, 3.05) is 18.5 Å². The van der Waals surface area contributed by atoms with E-state index < -0.39 is 5.97 Å². The third-order valence-corrected chi connectivity index (χ3v) is 2.51. The van der Waals surface area contributed by atoms with Gasteiger partial charge in [0.1, 0.15) is 0 Å². The average molecular weight is 277 g/mol. The maximum absolute atomic E-state index is 11.6. The number of amides is 1. The fraction of sp³-hybridized carbons (Fsp3) is 0.333. The van der Waals surface area contributed by atoms with Crippen molar-refractivity contribution >= 4 is 23.6 Å². The van der Waals surface area contributed by atoms with Gasteiger partial charge in [0.05, 0.1) is 0 Å². The first-order valence-corrected chi connectivity index (χ1v) is 6.50. The highest BCUT2D eigenvalue weighted by atomic mass is 16.5. The summed E-state index contributed by atoms with van der Waals surface area (Å²) in [6, 6.07) is 6.97. The molecule has 108 valence electrons. The number of benzene rings is 1. The number of hydrogen-bond donors (Lipinski definition) is 2. The highest BCUT2D eigenvalue weighted by molar-refractivity contribution is 5.91. The van der Waals surface area contributed by atoms with E-state index in [4.69, 9.17) is 9.84 Å². The summed E-state index contributed by atoms with van der Waals surface area (Å²) in [5, 5.41) is 11.3. The molecule has 0 bridgehead atoms. The third-order valence-electron chi connectivity index (χ3n) is 2.51. The van der Waals surface area contributed by atoms with Crippen LogP contribution in [0.3, 0.4) is 0 Å². The highest BCUT2D eigenvalue weighted by Crippen LogP contribution is 2.11. The van der Waals surface area contributed by atoms with Gasteiger partial charge >= 0.3 is 5.97 Å². The van der Waals surface area contributed by atoms with Crippen molar-refractivity contribution < 1.29 is 19.4 Å². The first-order valence-electron chi connectivity index (χ1n) is 6.50. The van der Waals surface area contributed by atoms with Crippen LogP contribution in [-0.4, -0.2) is 30.2 Å². The quantitative estimate of drug-likeness (QED) is 0.565. The second-order valence-electron chi connectivity index (χ2n) is 4.14. The number of rotatable bonds is 8. The minimum atomic E-state index is -0.989. The van der Waals surface area contributed by atoms with Crippen molar-refractivity contribution in [3.63, 3.8) is 0 Å². The predicted molar refractivity (Wildman–Crippen MR) is 77.5 cm³/mol. The zero-order chi connectivity index (χ0) is 14.8. The fourth-order valence-corrected chi connectivity index (χ4v) is 1.55. The number of carboxylic acids is 1. The molecule has 0 aliphatic rings. The molecule has 2 N–H and O–H groups in total. The minimum absolute atomic E-state index is 0.0569. The van der Waals surface area contributed by atoms with Gasteiger partial charge in [0.25, 0.3) is 0 Å². The number of anilines is 1. The lowest BCUT2D eigenvalue weighted by Gasteiger charge is -2.05. The van der Waals surface area contributed by atoms with Crippen molar-refractivity contribution in [3.05, 3.63) is 35.9 Å². The Hall–Kier alpha value is -2.14. The Morgan fingerprint density at radius 1 is 1.30 bits per heavy atom. The normalized spacial score (nSPS) is 10.7. The lowest BCUT2D eigenvalue weighted by Crippen LogP contribution is -2.12. The van der Waals surface area contributed by atoms with E-state index in [0.29, 0.717) is 31.7 Å². The molecule has 0 aliphatic heterocycles. The molecular weight excluding hydrogens is 258 g/mol. The summed E-state index contributed by atoms with van der Waals surface area (Å²) in [7, 11) is 0. The number of carbonyl (C=O) groups excluding carboxylic acids is 1. The van der Waals surface area contributed by atoms with E-state index in [1.165, 1.54) is 6.08 Å². The fourth-order valence-electron chi connectivity index (χ4n) is 1.55. The molecular formula is C15H19NO4. The summed E-state index contributed by atoms with van der Waals surface area (Å²) in [6.07, 6.45) is 3.68. The van der Waals surface area contributed by atoms with Gasteiger partial charge in [-0.25, -0.2) is 4.79 Å². The molecule has 0 heterocycles. The number of carboxylic acid groups (broad SMARTS) is 1. The van der Waals surface area contributed by atoms with Crippen molar-refractivity contribution in [2.45, 2.75) is 19.8 Å². The van der Waals surface area contributed by atoms with Crippen LogP contribution in [0.1, 0.15) is 25.3 Å². The number of carbonyl (C=O) groups is 2. The standard InChI is InChI=1S/C15H19NO4/c1-2-20-11-3-4-14(17)16-13-8-5-12(6-9-13)7-10-15(18)19/h5-10H,2-4,11H2,1H3,(H,16,17)(H,18,19)/b10-7+.